The zero-order valence-corrected chi connectivity index (χ0v) is 16.1. The number of carbonyl (C=O) groups is 1. The maximum absolute atomic E-state index is 12.6. The molecule has 3 aromatic rings. The number of nitrogens with two attached hydrogens (primary N) is 1. The lowest BCUT2D eigenvalue weighted by Crippen LogP contribution is -2.34. The quantitative estimate of drug-likeness (QED) is 0.161. The van der Waals surface area contributed by atoms with Crippen LogP contribution in [0.5, 0.6) is 0 Å². The summed E-state index contributed by atoms with van der Waals surface area (Å²) in [5.41, 5.74) is 10.4. The molecule has 2 heterocycles. The van der Waals surface area contributed by atoms with Crippen molar-refractivity contribution in [3.05, 3.63) is 29.0 Å². The Morgan fingerprint density at radius 2 is 1.90 bits per heavy atom. The number of hydrogen-bond donors (Lipinski definition) is 8. The third kappa shape index (κ3) is 5.00. The standard InChI is InChI=1S/C14H18N12O3S/c15-5-7(6-16-11-18-12(22-28)20-13(19-11)23-29)10(27)17-8-2-1-3-9(4-8)26-14(30)21-24-25-26/h1-4,7,28-29H,5-6,15H2,(H,17,27)(H,21,25,30)(H3,16,18,19,20,22,23). The van der Waals surface area contributed by atoms with Crippen molar-refractivity contribution in [1.82, 2.24) is 35.2 Å². The summed E-state index contributed by atoms with van der Waals surface area (Å²) in [6.45, 7) is 0.118. The van der Waals surface area contributed by atoms with Gasteiger partial charge in [0, 0.05) is 18.8 Å². The molecule has 9 N–H and O–H groups in total. The fourth-order valence-electron chi connectivity index (χ4n) is 2.39. The summed E-state index contributed by atoms with van der Waals surface area (Å²) in [6.07, 6.45) is 0. The SMILES string of the molecule is NCC(CNc1nc(NO)nc(NO)n1)C(=O)Nc1cccc(-n2[nH]nnc2=S)c1. The highest BCUT2D eigenvalue weighted by molar-refractivity contribution is 7.71. The second kappa shape index (κ2) is 9.65. The van der Waals surface area contributed by atoms with Gasteiger partial charge >= 0.3 is 0 Å². The average Bonchev–Trinajstić information content (AvgIpc) is 3.20. The Balaban J connectivity index is 1.67. The van der Waals surface area contributed by atoms with Gasteiger partial charge in [0.15, 0.2) is 0 Å². The number of aromatic nitrogens is 7. The molecule has 1 aromatic carbocycles. The molecule has 0 bridgehead atoms. The molecule has 1 amide bonds. The van der Waals surface area contributed by atoms with Crippen LogP contribution in [0.1, 0.15) is 0 Å². The molecule has 158 valence electrons. The molecule has 0 saturated carbocycles. The number of nitrogens with one attached hydrogen (secondary N) is 5. The van der Waals surface area contributed by atoms with Crippen LogP contribution < -0.4 is 27.3 Å². The minimum absolute atomic E-state index is 0.00691. The second-order valence-corrected chi connectivity index (χ2v) is 6.17. The molecule has 0 aliphatic carbocycles. The summed E-state index contributed by atoms with van der Waals surface area (Å²) in [4.78, 5) is 24.0. The van der Waals surface area contributed by atoms with Gasteiger partial charge in [-0.2, -0.15) is 20.2 Å². The highest BCUT2D eigenvalue weighted by Crippen LogP contribution is 2.15. The third-order valence-corrected chi connectivity index (χ3v) is 4.10. The summed E-state index contributed by atoms with van der Waals surface area (Å²) < 4.78 is 1.72. The van der Waals surface area contributed by atoms with E-state index >= 15 is 0 Å². The number of benzene rings is 1. The molecule has 0 aliphatic rings. The molecule has 1 unspecified atom stereocenters. The number of hydrogen-bond acceptors (Lipinski definition) is 13. The number of nitrogens with zero attached hydrogens (tertiary/aromatic N) is 6. The number of carbonyl (C=O) groups excluding carboxylic acids is 1. The van der Waals surface area contributed by atoms with E-state index in [0.29, 0.717) is 11.4 Å². The Morgan fingerprint density at radius 3 is 2.50 bits per heavy atom. The first kappa shape index (κ1) is 21.0. The molecule has 15 nitrogen and oxygen atoms in total. The van der Waals surface area contributed by atoms with Crippen LogP contribution in [0.2, 0.25) is 0 Å². The Bertz CT molecular complexity index is 1050. The van der Waals surface area contributed by atoms with Crippen LogP contribution >= 0.6 is 12.2 Å². The van der Waals surface area contributed by atoms with E-state index < -0.39 is 5.92 Å². The zero-order chi connectivity index (χ0) is 21.5. The maximum Gasteiger partial charge on any atom is 0.253 e. The first-order valence-electron chi connectivity index (χ1n) is 8.45. The lowest BCUT2D eigenvalue weighted by atomic mass is 10.1. The Hall–Kier alpha value is -3.73. The second-order valence-electron chi connectivity index (χ2n) is 5.80. The minimum Gasteiger partial charge on any atom is -0.353 e. The first-order valence-corrected chi connectivity index (χ1v) is 8.86. The average molecular weight is 434 g/mol. The predicted octanol–water partition coefficient (Wildman–Crippen LogP) is -0.262. The number of rotatable bonds is 9. The van der Waals surface area contributed by atoms with E-state index in [0.717, 1.165) is 0 Å². The van der Waals surface area contributed by atoms with E-state index in [9.17, 15) is 4.79 Å². The van der Waals surface area contributed by atoms with Crippen molar-refractivity contribution < 1.29 is 15.2 Å². The molecule has 2 aromatic heterocycles. The van der Waals surface area contributed by atoms with Gasteiger partial charge in [0.25, 0.3) is 11.9 Å². The van der Waals surface area contributed by atoms with E-state index in [-0.39, 0.29) is 41.6 Å². The number of anilines is 4. The Kier molecular flexibility index (Phi) is 6.75. The molecular formula is C14H18N12O3S. The molecule has 30 heavy (non-hydrogen) atoms. The van der Waals surface area contributed by atoms with Crippen molar-refractivity contribution in [3.8, 4) is 5.69 Å². The van der Waals surface area contributed by atoms with Gasteiger partial charge in [-0.1, -0.05) is 16.4 Å². The molecule has 0 fully saturated rings. The molecule has 0 aliphatic heterocycles. The van der Waals surface area contributed by atoms with E-state index in [1.165, 1.54) is 4.68 Å². The van der Waals surface area contributed by atoms with Crippen LogP contribution in [0.15, 0.2) is 24.3 Å². The van der Waals surface area contributed by atoms with E-state index in [1.54, 1.807) is 35.2 Å². The smallest absolute Gasteiger partial charge is 0.253 e. The van der Waals surface area contributed by atoms with Gasteiger partial charge < -0.3 is 16.4 Å². The van der Waals surface area contributed by atoms with Gasteiger partial charge in [-0.3, -0.25) is 15.2 Å². The highest BCUT2D eigenvalue weighted by atomic mass is 32.1. The normalized spacial score (nSPS) is 11.6. The largest absolute Gasteiger partial charge is 0.353 e. The fraction of sp³-hybridized carbons (Fsp3) is 0.214. The fourth-order valence-corrected chi connectivity index (χ4v) is 2.57. The zero-order valence-electron chi connectivity index (χ0n) is 15.3. The predicted molar refractivity (Wildman–Crippen MR) is 107 cm³/mol. The van der Waals surface area contributed by atoms with Crippen LogP contribution in [0.4, 0.5) is 23.5 Å². The molecule has 3 rings (SSSR count). The maximum atomic E-state index is 12.6. The first-order chi connectivity index (χ1) is 14.5. The van der Waals surface area contributed by atoms with Crippen molar-refractivity contribution in [3.63, 3.8) is 0 Å². The topological polar surface area (TPSA) is 217 Å². The molecule has 1 atom stereocenters. The van der Waals surface area contributed by atoms with E-state index in [1.807, 2.05) is 0 Å². The lowest BCUT2D eigenvalue weighted by Gasteiger charge is -2.16. The van der Waals surface area contributed by atoms with Crippen molar-refractivity contribution in [1.29, 1.82) is 0 Å². The monoisotopic (exact) mass is 434 g/mol. The summed E-state index contributed by atoms with van der Waals surface area (Å²) >= 11 is 5.06. The van der Waals surface area contributed by atoms with Crippen molar-refractivity contribution in [2.24, 2.45) is 11.7 Å². The van der Waals surface area contributed by atoms with Crippen LogP contribution in [0, 0.1) is 10.7 Å². The highest BCUT2D eigenvalue weighted by Gasteiger charge is 2.18. The van der Waals surface area contributed by atoms with Crippen LogP contribution in [-0.2, 0) is 4.79 Å². The van der Waals surface area contributed by atoms with Gasteiger partial charge in [-0.25, -0.2) is 15.6 Å². The molecule has 0 saturated heterocycles. The van der Waals surface area contributed by atoms with Crippen molar-refractivity contribution >= 4 is 41.7 Å². The van der Waals surface area contributed by atoms with Crippen LogP contribution in [0.3, 0.4) is 0 Å². The minimum atomic E-state index is -0.641. The Morgan fingerprint density at radius 1 is 1.20 bits per heavy atom. The van der Waals surface area contributed by atoms with Crippen molar-refractivity contribution in [2.75, 3.05) is 34.7 Å². The molecule has 0 radical (unpaired) electrons. The summed E-state index contributed by atoms with van der Waals surface area (Å²) in [7, 11) is 0. The van der Waals surface area contributed by atoms with Gasteiger partial charge in [0.05, 0.1) is 11.6 Å². The van der Waals surface area contributed by atoms with Crippen molar-refractivity contribution in [2.45, 2.75) is 0 Å². The summed E-state index contributed by atoms with van der Waals surface area (Å²) in [5, 5.41) is 33.4. The van der Waals surface area contributed by atoms with Gasteiger partial charge in [0.1, 0.15) is 0 Å². The van der Waals surface area contributed by atoms with Gasteiger partial charge in [-0.15, -0.1) is 0 Å². The third-order valence-electron chi connectivity index (χ3n) is 3.84. The van der Waals surface area contributed by atoms with Gasteiger partial charge in [-0.05, 0) is 30.4 Å². The molecule has 0 spiro atoms. The summed E-state index contributed by atoms with van der Waals surface area (Å²) in [5.74, 6) is -1.39. The van der Waals surface area contributed by atoms with E-state index in [4.69, 9.17) is 28.4 Å². The lowest BCUT2D eigenvalue weighted by molar-refractivity contribution is -0.119. The van der Waals surface area contributed by atoms with Gasteiger partial charge in [0.2, 0.25) is 16.6 Å². The summed E-state index contributed by atoms with van der Waals surface area (Å²) in [6, 6.07) is 6.91. The number of tetrazole rings is 1. The number of H-pyrrole nitrogens is 1. The van der Waals surface area contributed by atoms with E-state index in [2.05, 4.69) is 41.1 Å². The van der Waals surface area contributed by atoms with Crippen LogP contribution in [0.25, 0.3) is 5.69 Å². The Labute approximate surface area is 173 Å². The number of amides is 1. The molecule has 16 heteroatoms. The number of aromatic amines is 1. The molecular weight excluding hydrogens is 416 g/mol. The van der Waals surface area contributed by atoms with Crippen LogP contribution in [-0.4, -0.2) is 64.6 Å².